The van der Waals surface area contributed by atoms with Crippen LogP contribution in [-0.2, 0) is 6.42 Å². The number of nitrogens with zero attached hydrogens (tertiary/aromatic N) is 1. The molecular formula is C15H12ClNOS. The smallest absolute Gasteiger partial charge is 0.194 e. The van der Waals surface area contributed by atoms with E-state index >= 15 is 0 Å². The summed E-state index contributed by atoms with van der Waals surface area (Å²) in [7, 11) is 0. The first-order valence-electron chi connectivity index (χ1n) is 5.93. The number of aryl methyl sites for hydroxylation is 1. The average molecular weight is 290 g/mol. The van der Waals surface area contributed by atoms with E-state index in [0.29, 0.717) is 15.5 Å². The Morgan fingerprint density at radius 3 is 2.79 bits per heavy atom. The zero-order valence-electron chi connectivity index (χ0n) is 10.4. The minimum atomic E-state index is -0.790. The van der Waals surface area contributed by atoms with Crippen LogP contribution in [0.5, 0.6) is 0 Å². The van der Waals surface area contributed by atoms with E-state index in [2.05, 4.69) is 6.07 Å². The molecule has 0 saturated heterocycles. The molecule has 0 aliphatic heterocycles. The molecule has 0 radical (unpaired) electrons. The molecule has 0 amide bonds. The molecule has 1 aromatic carbocycles. The van der Waals surface area contributed by atoms with Crippen LogP contribution in [0.15, 0.2) is 36.4 Å². The Balaban J connectivity index is 2.32. The van der Waals surface area contributed by atoms with Crippen LogP contribution in [0.4, 0.5) is 0 Å². The van der Waals surface area contributed by atoms with Gasteiger partial charge in [0.1, 0.15) is 5.92 Å². The third-order valence-electron chi connectivity index (χ3n) is 2.83. The molecule has 0 spiro atoms. The summed E-state index contributed by atoms with van der Waals surface area (Å²) >= 11 is 7.35. The second-order valence-electron chi connectivity index (χ2n) is 4.10. The van der Waals surface area contributed by atoms with Crippen LogP contribution in [0.2, 0.25) is 5.02 Å². The van der Waals surface area contributed by atoms with Crippen molar-refractivity contribution in [3.8, 4) is 6.07 Å². The number of carbonyl (C=O) groups excluding carboxylic acids is 1. The van der Waals surface area contributed by atoms with Crippen LogP contribution in [-0.4, -0.2) is 5.78 Å². The van der Waals surface area contributed by atoms with Crippen LogP contribution in [0.1, 0.15) is 33.0 Å². The van der Waals surface area contributed by atoms with Crippen molar-refractivity contribution in [3.63, 3.8) is 0 Å². The number of nitriles is 1. The van der Waals surface area contributed by atoms with Crippen molar-refractivity contribution in [3.05, 3.63) is 56.7 Å². The number of rotatable bonds is 4. The molecule has 1 aromatic heterocycles. The lowest BCUT2D eigenvalue weighted by Gasteiger charge is -2.07. The molecule has 0 aliphatic rings. The maximum absolute atomic E-state index is 12.4. The van der Waals surface area contributed by atoms with Crippen molar-refractivity contribution in [2.24, 2.45) is 0 Å². The Bertz CT molecular complexity index is 642. The van der Waals surface area contributed by atoms with Gasteiger partial charge in [-0.25, -0.2) is 0 Å². The number of halogens is 1. The standard InChI is InChI=1S/C15H12ClNOS/c1-2-12-6-7-14(19-12)15(18)13(9-17)10-4-3-5-11(16)8-10/h3-8,13H,2H2,1H3. The predicted octanol–water partition coefficient (Wildman–Crippen LogP) is 4.45. The second-order valence-corrected chi connectivity index (χ2v) is 5.71. The fourth-order valence-corrected chi connectivity index (χ4v) is 2.93. The molecule has 0 fully saturated rings. The van der Waals surface area contributed by atoms with Gasteiger partial charge in [-0.15, -0.1) is 11.3 Å². The molecule has 0 saturated carbocycles. The Morgan fingerprint density at radius 1 is 1.42 bits per heavy atom. The van der Waals surface area contributed by atoms with E-state index < -0.39 is 5.92 Å². The molecular weight excluding hydrogens is 278 g/mol. The van der Waals surface area contributed by atoms with Crippen molar-refractivity contribution in [2.75, 3.05) is 0 Å². The Kier molecular flexibility index (Phi) is 4.36. The van der Waals surface area contributed by atoms with Crippen molar-refractivity contribution in [1.82, 2.24) is 0 Å². The largest absolute Gasteiger partial charge is 0.291 e. The lowest BCUT2D eigenvalue weighted by Crippen LogP contribution is -2.09. The number of benzene rings is 1. The normalized spacial score (nSPS) is 11.8. The molecule has 0 aliphatic carbocycles. The summed E-state index contributed by atoms with van der Waals surface area (Å²) in [5.41, 5.74) is 0.645. The third-order valence-corrected chi connectivity index (χ3v) is 4.31. The Hall–Kier alpha value is -1.63. The first kappa shape index (κ1) is 13.8. The van der Waals surface area contributed by atoms with Gasteiger partial charge in [-0.1, -0.05) is 30.7 Å². The van der Waals surface area contributed by atoms with E-state index in [9.17, 15) is 10.1 Å². The summed E-state index contributed by atoms with van der Waals surface area (Å²) in [4.78, 5) is 14.1. The number of hydrogen-bond donors (Lipinski definition) is 0. The van der Waals surface area contributed by atoms with E-state index in [1.165, 1.54) is 11.3 Å². The van der Waals surface area contributed by atoms with Crippen LogP contribution in [0.25, 0.3) is 0 Å². The summed E-state index contributed by atoms with van der Waals surface area (Å²) in [5, 5.41) is 9.79. The number of ketones is 1. The highest BCUT2D eigenvalue weighted by Crippen LogP contribution is 2.26. The number of thiophene rings is 1. The van der Waals surface area contributed by atoms with Crippen molar-refractivity contribution in [1.29, 1.82) is 5.26 Å². The Morgan fingerprint density at radius 2 is 2.21 bits per heavy atom. The highest BCUT2D eigenvalue weighted by atomic mass is 35.5. The van der Waals surface area contributed by atoms with Crippen LogP contribution < -0.4 is 0 Å². The molecule has 2 nitrogen and oxygen atoms in total. The Labute approximate surface area is 121 Å². The summed E-state index contributed by atoms with van der Waals surface area (Å²) in [6.07, 6.45) is 0.895. The minimum Gasteiger partial charge on any atom is -0.291 e. The number of carbonyl (C=O) groups is 1. The summed E-state index contributed by atoms with van der Waals surface area (Å²) < 4.78 is 0. The first-order valence-corrected chi connectivity index (χ1v) is 7.13. The number of hydrogen-bond acceptors (Lipinski definition) is 3. The van der Waals surface area contributed by atoms with Gasteiger partial charge in [0, 0.05) is 9.90 Å². The SMILES string of the molecule is CCc1ccc(C(=O)C(C#N)c2cccc(Cl)c2)s1. The van der Waals surface area contributed by atoms with E-state index in [1.54, 1.807) is 30.3 Å². The van der Waals surface area contributed by atoms with Gasteiger partial charge in [-0.3, -0.25) is 4.79 Å². The molecule has 1 heterocycles. The minimum absolute atomic E-state index is 0.158. The molecule has 2 rings (SSSR count). The highest BCUT2D eigenvalue weighted by molar-refractivity contribution is 7.14. The molecule has 4 heteroatoms. The van der Waals surface area contributed by atoms with Crippen molar-refractivity contribution in [2.45, 2.75) is 19.3 Å². The first-order chi connectivity index (χ1) is 9.15. The predicted molar refractivity (Wildman–Crippen MR) is 77.8 cm³/mol. The molecule has 0 N–H and O–H groups in total. The highest BCUT2D eigenvalue weighted by Gasteiger charge is 2.23. The van der Waals surface area contributed by atoms with Crippen LogP contribution in [0.3, 0.4) is 0 Å². The van der Waals surface area contributed by atoms with Gasteiger partial charge >= 0.3 is 0 Å². The lowest BCUT2D eigenvalue weighted by molar-refractivity contribution is 0.0983. The zero-order valence-corrected chi connectivity index (χ0v) is 12.0. The average Bonchev–Trinajstić information content (AvgIpc) is 2.88. The fourth-order valence-electron chi connectivity index (χ4n) is 1.81. The van der Waals surface area contributed by atoms with Gasteiger partial charge in [0.15, 0.2) is 5.78 Å². The summed E-state index contributed by atoms with van der Waals surface area (Å²) in [5.74, 6) is -0.948. The second kappa shape index (κ2) is 6.01. The molecule has 1 atom stereocenters. The molecule has 2 aromatic rings. The van der Waals surface area contributed by atoms with Crippen LogP contribution in [0, 0.1) is 11.3 Å². The lowest BCUT2D eigenvalue weighted by atomic mass is 9.95. The molecule has 1 unspecified atom stereocenters. The maximum Gasteiger partial charge on any atom is 0.194 e. The fraction of sp³-hybridized carbons (Fsp3) is 0.200. The van der Waals surface area contributed by atoms with Gasteiger partial charge in [0.2, 0.25) is 0 Å². The van der Waals surface area contributed by atoms with E-state index in [0.717, 1.165) is 11.3 Å². The molecule has 19 heavy (non-hydrogen) atoms. The third kappa shape index (κ3) is 3.04. The van der Waals surface area contributed by atoms with Gasteiger partial charge in [0.05, 0.1) is 10.9 Å². The molecule has 0 bridgehead atoms. The number of Topliss-reactive ketones (excluding diaryl/α,β-unsaturated/α-hetero) is 1. The van der Waals surface area contributed by atoms with Gasteiger partial charge < -0.3 is 0 Å². The van der Waals surface area contributed by atoms with Gasteiger partial charge in [-0.05, 0) is 36.2 Å². The quantitative estimate of drug-likeness (QED) is 0.780. The maximum atomic E-state index is 12.4. The van der Waals surface area contributed by atoms with E-state index in [-0.39, 0.29) is 5.78 Å². The van der Waals surface area contributed by atoms with E-state index in [1.807, 2.05) is 13.0 Å². The van der Waals surface area contributed by atoms with Gasteiger partial charge in [-0.2, -0.15) is 5.26 Å². The van der Waals surface area contributed by atoms with Crippen LogP contribution >= 0.6 is 22.9 Å². The van der Waals surface area contributed by atoms with Crippen molar-refractivity contribution < 1.29 is 4.79 Å². The summed E-state index contributed by atoms with van der Waals surface area (Å²) in [6, 6.07) is 12.7. The van der Waals surface area contributed by atoms with Gasteiger partial charge in [0.25, 0.3) is 0 Å². The van der Waals surface area contributed by atoms with E-state index in [4.69, 9.17) is 11.6 Å². The summed E-state index contributed by atoms with van der Waals surface area (Å²) in [6.45, 7) is 2.04. The zero-order chi connectivity index (χ0) is 13.8. The monoisotopic (exact) mass is 289 g/mol. The topological polar surface area (TPSA) is 40.9 Å². The molecule has 96 valence electrons. The van der Waals surface area contributed by atoms with Crippen molar-refractivity contribution >= 4 is 28.7 Å².